The topological polar surface area (TPSA) is 32.8 Å². The fourth-order valence-electron chi connectivity index (χ4n) is 7.85. The molecule has 0 spiro atoms. The highest BCUT2D eigenvalue weighted by atomic mass is 16.6. The zero-order chi connectivity index (χ0) is 18.4. The molecule has 1 heterocycles. The molecule has 6 atom stereocenters. The minimum absolute atomic E-state index is 0.0263. The summed E-state index contributed by atoms with van der Waals surface area (Å²) in [4.78, 5) is 0. The summed E-state index contributed by atoms with van der Waals surface area (Å²) in [6, 6.07) is 0. The van der Waals surface area contributed by atoms with Crippen molar-refractivity contribution in [2.45, 2.75) is 115 Å². The summed E-state index contributed by atoms with van der Waals surface area (Å²) in [5.41, 5.74) is 0. The fourth-order valence-corrected chi connectivity index (χ4v) is 7.85. The van der Waals surface area contributed by atoms with Crippen molar-refractivity contribution < 1.29 is 9.84 Å². The van der Waals surface area contributed by atoms with Crippen LogP contribution < -0.4 is 0 Å². The van der Waals surface area contributed by atoms with E-state index in [4.69, 9.17) is 4.74 Å². The Labute approximate surface area is 166 Å². The van der Waals surface area contributed by atoms with E-state index in [0.29, 0.717) is 18.1 Å². The number of epoxide rings is 1. The predicted octanol–water partition coefficient (Wildman–Crippen LogP) is 5.96. The van der Waals surface area contributed by atoms with Gasteiger partial charge < -0.3 is 9.84 Å². The molecule has 0 amide bonds. The van der Waals surface area contributed by atoms with Crippen molar-refractivity contribution in [3.8, 4) is 0 Å². The van der Waals surface area contributed by atoms with Crippen molar-refractivity contribution in [2.75, 3.05) is 0 Å². The van der Waals surface area contributed by atoms with E-state index in [9.17, 15) is 5.11 Å². The van der Waals surface area contributed by atoms with Crippen molar-refractivity contribution in [3.63, 3.8) is 0 Å². The lowest BCUT2D eigenvalue weighted by Crippen LogP contribution is -2.39. The summed E-state index contributed by atoms with van der Waals surface area (Å²) >= 11 is 0. The molecule has 0 radical (unpaired) electrons. The van der Waals surface area contributed by atoms with Gasteiger partial charge in [0.2, 0.25) is 0 Å². The van der Waals surface area contributed by atoms with Gasteiger partial charge in [-0.1, -0.05) is 19.8 Å². The predicted molar refractivity (Wildman–Crippen MR) is 109 cm³/mol. The molecule has 5 aliphatic rings. The molecule has 6 unspecified atom stereocenters. The smallest absolute Gasteiger partial charge is 0.0844 e. The van der Waals surface area contributed by atoms with Crippen LogP contribution in [-0.2, 0) is 4.74 Å². The van der Waals surface area contributed by atoms with Gasteiger partial charge in [0.25, 0.3) is 0 Å². The molecule has 4 aliphatic carbocycles. The molecule has 1 N–H and O–H groups in total. The summed E-state index contributed by atoms with van der Waals surface area (Å²) < 4.78 is 5.73. The lowest BCUT2D eigenvalue weighted by atomic mass is 9.63. The standard InChI is InChI=1S/C25H42O2/c1-16-2-4-17(5-3-16)18-6-8-19(9-7-18)20-10-12-22(23(26)14-20)21-11-13-24-25(15-21)27-24/h16-26H,2-15H2,1H3. The highest BCUT2D eigenvalue weighted by Gasteiger charge is 2.48. The van der Waals surface area contributed by atoms with Crippen molar-refractivity contribution in [2.24, 2.45) is 41.4 Å². The molecule has 0 aromatic heterocycles. The van der Waals surface area contributed by atoms with E-state index in [-0.39, 0.29) is 6.10 Å². The third kappa shape index (κ3) is 4.13. The Morgan fingerprint density at radius 1 is 0.556 bits per heavy atom. The molecule has 5 rings (SSSR count). The fraction of sp³-hybridized carbons (Fsp3) is 1.00. The van der Waals surface area contributed by atoms with Crippen LogP contribution in [0.25, 0.3) is 0 Å². The zero-order valence-electron chi connectivity index (χ0n) is 17.5. The van der Waals surface area contributed by atoms with E-state index in [2.05, 4.69) is 6.92 Å². The summed E-state index contributed by atoms with van der Waals surface area (Å²) in [5.74, 6) is 6.11. The average Bonchev–Trinajstić information content (AvgIpc) is 3.47. The lowest BCUT2D eigenvalue weighted by molar-refractivity contribution is -0.0128. The molecule has 5 fully saturated rings. The maximum Gasteiger partial charge on any atom is 0.0844 e. The molecule has 0 aromatic carbocycles. The average molecular weight is 375 g/mol. The van der Waals surface area contributed by atoms with Crippen molar-refractivity contribution in [3.05, 3.63) is 0 Å². The third-order valence-corrected chi connectivity index (χ3v) is 9.77. The summed E-state index contributed by atoms with van der Waals surface area (Å²) in [6.45, 7) is 2.44. The van der Waals surface area contributed by atoms with Gasteiger partial charge >= 0.3 is 0 Å². The minimum atomic E-state index is -0.0263. The van der Waals surface area contributed by atoms with Crippen LogP contribution in [0.3, 0.4) is 0 Å². The molecule has 1 saturated heterocycles. The molecular formula is C25H42O2. The lowest BCUT2D eigenvalue weighted by Gasteiger charge is -2.44. The van der Waals surface area contributed by atoms with Gasteiger partial charge in [0.05, 0.1) is 18.3 Å². The zero-order valence-corrected chi connectivity index (χ0v) is 17.5. The van der Waals surface area contributed by atoms with Gasteiger partial charge in [-0.25, -0.2) is 0 Å². The van der Waals surface area contributed by atoms with Gasteiger partial charge in [-0.3, -0.25) is 0 Å². The molecule has 1 aliphatic heterocycles. The Kier molecular flexibility index (Phi) is 5.59. The van der Waals surface area contributed by atoms with Crippen LogP contribution in [0, 0.1) is 41.4 Å². The quantitative estimate of drug-likeness (QED) is 0.618. The van der Waals surface area contributed by atoms with E-state index in [1.54, 1.807) is 0 Å². The number of hydrogen-bond acceptors (Lipinski definition) is 2. The first-order valence-corrected chi connectivity index (χ1v) is 12.5. The maximum absolute atomic E-state index is 11.0. The Hall–Kier alpha value is -0.0800. The maximum atomic E-state index is 11.0. The van der Waals surface area contributed by atoms with Crippen LogP contribution in [0.15, 0.2) is 0 Å². The molecule has 0 aromatic rings. The Balaban J connectivity index is 1.08. The second-order valence-corrected chi connectivity index (χ2v) is 11.3. The number of fused-ring (bicyclic) bond motifs is 1. The van der Waals surface area contributed by atoms with Gasteiger partial charge in [0.15, 0.2) is 0 Å². The second-order valence-electron chi connectivity index (χ2n) is 11.3. The van der Waals surface area contributed by atoms with Gasteiger partial charge in [-0.05, 0) is 118 Å². The van der Waals surface area contributed by atoms with E-state index in [1.165, 1.54) is 83.5 Å². The molecule has 0 bridgehead atoms. The third-order valence-electron chi connectivity index (χ3n) is 9.77. The van der Waals surface area contributed by atoms with Crippen molar-refractivity contribution in [1.82, 2.24) is 0 Å². The summed E-state index contributed by atoms with van der Waals surface area (Å²) in [5, 5.41) is 11.0. The van der Waals surface area contributed by atoms with E-state index in [1.807, 2.05) is 0 Å². The van der Waals surface area contributed by atoms with Gasteiger partial charge in [0, 0.05) is 0 Å². The number of aliphatic hydroxyl groups excluding tert-OH is 1. The van der Waals surface area contributed by atoms with Crippen LogP contribution in [0.5, 0.6) is 0 Å². The highest BCUT2D eigenvalue weighted by molar-refractivity contribution is 4.97. The Morgan fingerprint density at radius 2 is 1.11 bits per heavy atom. The molecule has 27 heavy (non-hydrogen) atoms. The first-order chi connectivity index (χ1) is 13.2. The molecule has 2 heteroatoms. The number of hydrogen-bond donors (Lipinski definition) is 1. The molecule has 4 saturated carbocycles. The van der Waals surface area contributed by atoms with E-state index in [0.717, 1.165) is 41.9 Å². The van der Waals surface area contributed by atoms with E-state index < -0.39 is 0 Å². The summed E-state index contributed by atoms with van der Waals surface area (Å²) in [7, 11) is 0. The van der Waals surface area contributed by atoms with Crippen LogP contribution in [0.1, 0.15) is 96.8 Å². The van der Waals surface area contributed by atoms with Gasteiger partial charge in [-0.15, -0.1) is 0 Å². The Bertz CT molecular complexity index is 489. The largest absolute Gasteiger partial charge is 0.393 e. The molecule has 154 valence electrons. The van der Waals surface area contributed by atoms with Crippen LogP contribution in [0.2, 0.25) is 0 Å². The summed E-state index contributed by atoms with van der Waals surface area (Å²) in [6.07, 6.45) is 20.6. The normalized spacial score (nSPS) is 53.6. The SMILES string of the molecule is CC1CCC(C2CCC(C3CCC(C4CCC5OC5C4)C(O)C3)CC2)CC1. The van der Waals surface area contributed by atoms with Gasteiger partial charge in [0.1, 0.15) is 0 Å². The monoisotopic (exact) mass is 374 g/mol. The van der Waals surface area contributed by atoms with Crippen LogP contribution in [0.4, 0.5) is 0 Å². The number of rotatable bonds is 3. The van der Waals surface area contributed by atoms with Gasteiger partial charge in [-0.2, -0.15) is 0 Å². The van der Waals surface area contributed by atoms with Crippen LogP contribution in [-0.4, -0.2) is 23.4 Å². The van der Waals surface area contributed by atoms with Crippen LogP contribution >= 0.6 is 0 Å². The first-order valence-electron chi connectivity index (χ1n) is 12.5. The van der Waals surface area contributed by atoms with Crippen molar-refractivity contribution in [1.29, 1.82) is 0 Å². The molecular weight excluding hydrogens is 332 g/mol. The minimum Gasteiger partial charge on any atom is -0.393 e. The number of aliphatic hydroxyl groups is 1. The Morgan fingerprint density at radius 3 is 1.74 bits per heavy atom. The second kappa shape index (κ2) is 7.98. The first kappa shape index (κ1) is 18.9. The van der Waals surface area contributed by atoms with E-state index >= 15 is 0 Å². The highest BCUT2D eigenvalue weighted by Crippen LogP contribution is 2.49. The molecule has 2 nitrogen and oxygen atoms in total. The van der Waals surface area contributed by atoms with Crippen molar-refractivity contribution >= 4 is 0 Å². The number of ether oxygens (including phenoxy) is 1.